The van der Waals surface area contributed by atoms with Crippen LogP contribution in [-0.2, 0) is 0 Å². The predicted molar refractivity (Wildman–Crippen MR) is 142 cm³/mol. The van der Waals surface area contributed by atoms with E-state index >= 15 is 0 Å². The van der Waals surface area contributed by atoms with Gasteiger partial charge < -0.3 is 9.80 Å². The van der Waals surface area contributed by atoms with Gasteiger partial charge in [0.2, 0.25) is 0 Å². The quantitative estimate of drug-likeness (QED) is 0.308. The van der Waals surface area contributed by atoms with Crippen LogP contribution in [-0.4, -0.2) is 47.0 Å². The van der Waals surface area contributed by atoms with Gasteiger partial charge in [0.15, 0.2) is 5.13 Å². The molecule has 0 N–H and O–H groups in total. The Kier molecular flexibility index (Phi) is 5.31. The van der Waals surface area contributed by atoms with Gasteiger partial charge in [-0.3, -0.25) is 4.79 Å². The molecule has 1 saturated heterocycles. The highest BCUT2D eigenvalue weighted by atomic mass is 32.1. The van der Waals surface area contributed by atoms with Crippen molar-refractivity contribution in [3.63, 3.8) is 0 Å². The molecule has 170 valence electrons. The molecule has 0 aliphatic carbocycles. The summed E-state index contributed by atoms with van der Waals surface area (Å²) < 4.78 is 1.25. The molecule has 0 radical (unpaired) electrons. The molecule has 0 spiro atoms. The molecular weight excluding hydrogens is 460 g/mol. The molecule has 0 bridgehead atoms. The van der Waals surface area contributed by atoms with E-state index in [-0.39, 0.29) is 5.91 Å². The fourth-order valence-electron chi connectivity index (χ4n) is 4.67. The van der Waals surface area contributed by atoms with Crippen LogP contribution in [0.2, 0.25) is 0 Å². The third-order valence-electron chi connectivity index (χ3n) is 6.37. The number of fused-ring (bicyclic) bond motifs is 2. The van der Waals surface area contributed by atoms with Crippen molar-refractivity contribution < 1.29 is 4.79 Å². The zero-order valence-electron chi connectivity index (χ0n) is 19.1. The maximum Gasteiger partial charge on any atom is 0.254 e. The molecule has 5 nitrogen and oxygen atoms in total. The molecule has 1 aliphatic rings. The number of aromatic nitrogens is 2. The second-order valence-electron chi connectivity index (χ2n) is 8.76. The van der Waals surface area contributed by atoms with Crippen LogP contribution in [0.5, 0.6) is 0 Å². The largest absolute Gasteiger partial charge is 0.345 e. The molecule has 6 rings (SSSR count). The monoisotopic (exact) mass is 484 g/mol. The summed E-state index contributed by atoms with van der Waals surface area (Å²) in [6.45, 7) is 7.18. The molecular formula is C27H24N4OS2. The fraction of sp³-hybridized carbons (Fsp3) is 0.222. The highest BCUT2D eigenvalue weighted by molar-refractivity contribution is 7.22. The van der Waals surface area contributed by atoms with E-state index in [0.29, 0.717) is 13.1 Å². The first-order chi connectivity index (χ1) is 16.6. The lowest BCUT2D eigenvalue weighted by Gasteiger charge is -2.34. The smallest absolute Gasteiger partial charge is 0.254 e. The lowest BCUT2D eigenvalue weighted by Crippen LogP contribution is -2.48. The Morgan fingerprint density at radius 3 is 2.53 bits per heavy atom. The van der Waals surface area contributed by atoms with E-state index in [1.807, 2.05) is 46.7 Å². The number of piperazine rings is 1. The lowest BCUT2D eigenvalue weighted by molar-refractivity contribution is 0.0748. The second kappa shape index (κ2) is 8.49. The number of pyridine rings is 1. The molecule has 7 heteroatoms. The van der Waals surface area contributed by atoms with Crippen LogP contribution in [0, 0.1) is 13.8 Å². The first kappa shape index (κ1) is 21.3. The number of thiophene rings is 1. The SMILES string of the molecule is Cc1cc(C)c2sc(N3CCN(C(=O)c4cc(-c5cccs5)nc5ccccc45)CC3)nc2c1. The summed E-state index contributed by atoms with van der Waals surface area (Å²) in [4.78, 5) is 28.7. The number of rotatable bonds is 3. The Bertz CT molecular complexity index is 1520. The Labute approximate surface area is 206 Å². The van der Waals surface area contributed by atoms with Gasteiger partial charge >= 0.3 is 0 Å². The van der Waals surface area contributed by atoms with Crippen LogP contribution in [0.15, 0.2) is 60.0 Å². The van der Waals surface area contributed by atoms with Gasteiger partial charge in [0.25, 0.3) is 5.91 Å². The Morgan fingerprint density at radius 1 is 0.912 bits per heavy atom. The average molecular weight is 485 g/mol. The number of benzene rings is 2. The second-order valence-corrected chi connectivity index (χ2v) is 10.7. The first-order valence-corrected chi connectivity index (χ1v) is 13.1. The number of carbonyl (C=O) groups excluding carboxylic acids is 1. The molecule has 1 fully saturated rings. The van der Waals surface area contributed by atoms with Gasteiger partial charge in [0, 0.05) is 31.6 Å². The van der Waals surface area contributed by atoms with Crippen LogP contribution in [0.25, 0.3) is 31.7 Å². The van der Waals surface area contributed by atoms with E-state index < -0.39 is 0 Å². The number of amides is 1. The van der Waals surface area contributed by atoms with Crippen LogP contribution < -0.4 is 4.90 Å². The Balaban J connectivity index is 1.26. The summed E-state index contributed by atoms with van der Waals surface area (Å²) in [5.74, 6) is 0.0758. The third kappa shape index (κ3) is 3.75. The number of nitrogens with zero attached hydrogens (tertiary/aromatic N) is 4. The van der Waals surface area contributed by atoms with Gasteiger partial charge in [-0.2, -0.15) is 0 Å². The molecule has 0 unspecified atom stereocenters. The number of hydrogen-bond donors (Lipinski definition) is 0. The molecule has 1 aliphatic heterocycles. The van der Waals surface area contributed by atoms with E-state index in [1.165, 1.54) is 15.8 Å². The van der Waals surface area contributed by atoms with Gasteiger partial charge in [-0.05, 0) is 54.6 Å². The third-order valence-corrected chi connectivity index (χ3v) is 8.53. The van der Waals surface area contributed by atoms with Crippen LogP contribution in [0.4, 0.5) is 5.13 Å². The fourth-order valence-corrected chi connectivity index (χ4v) is 6.43. The Morgan fingerprint density at radius 2 is 1.74 bits per heavy atom. The van der Waals surface area contributed by atoms with Crippen molar-refractivity contribution in [3.8, 4) is 10.6 Å². The molecule has 2 aromatic carbocycles. The number of hydrogen-bond acceptors (Lipinski definition) is 6. The maximum absolute atomic E-state index is 13.7. The summed E-state index contributed by atoms with van der Waals surface area (Å²) >= 11 is 3.39. The molecule has 0 saturated carbocycles. The van der Waals surface area contributed by atoms with E-state index in [4.69, 9.17) is 9.97 Å². The first-order valence-electron chi connectivity index (χ1n) is 11.4. The molecule has 1 amide bonds. The number of anilines is 1. The van der Waals surface area contributed by atoms with E-state index in [0.717, 1.165) is 50.8 Å². The summed E-state index contributed by atoms with van der Waals surface area (Å²) in [7, 11) is 0. The number of thiazole rings is 1. The number of carbonyl (C=O) groups is 1. The molecule has 4 heterocycles. The maximum atomic E-state index is 13.7. The van der Waals surface area contributed by atoms with E-state index in [1.54, 1.807) is 22.7 Å². The predicted octanol–water partition coefficient (Wildman–Crippen LogP) is 6.15. The topological polar surface area (TPSA) is 49.3 Å². The molecule has 3 aromatic heterocycles. The minimum Gasteiger partial charge on any atom is -0.345 e. The van der Waals surface area contributed by atoms with Crippen LogP contribution >= 0.6 is 22.7 Å². The minimum atomic E-state index is 0.0758. The van der Waals surface area contributed by atoms with E-state index in [2.05, 4.69) is 36.9 Å². The summed E-state index contributed by atoms with van der Waals surface area (Å²) in [6.07, 6.45) is 0. The zero-order chi connectivity index (χ0) is 23.2. The van der Waals surface area contributed by atoms with E-state index in [9.17, 15) is 4.79 Å². The van der Waals surface area contributed by atoms with Gasteiger partial charge in [-0.1, -0.05) is 41.7 Å². The summed E-state index contributed by atoms with van der Waals surface area (Å²) in [5.41, 5.74) is 6.03. The van der Waals surface area contributed by atoms with Crippen molar-refractivity contribution in [1.29, 1.82) is 0 Å². The minimum absolute atomic E-state index is 0.0758. The van der Waals surface area contributed by atoms with Crippen molar-refractivity contribution in [2.75, 3.05) is 31.1 Å². The lowest BCUT2D eigenvalue weighted by atomic mass is 10.1. The highest BCUT2D eigenvalue weighted by Gasteiger charge is 2.26. The number of para-hydroxylation sites is 1. The van der Waals surface area contributed by atoms with Crippen molar-refractivity contribution >= 4 is 54.8 Å². The molecule has 5 aromatic rings. The zero-order valence-corrected chi connectivity index (χ0v) is 20.7. The van der Waals surface area contributed by atoms with Crippen molar-refractivity contribution in [3.05, 3.63) is 76.7 Å². The van der Waals surface area contributed by atoms with Crippen LogP contribution in [0.1, 0.15) is 21.5 Å². The molecule has 0 atom stereocenters. The van der Waals surface area contributed by atoms with Gasteiger partial charge in [-0.15, -0.1) is 11.3 Å². The van der Waals surface area contributed by atoms with Gasteiger partial charge in [-0.25, -0.2) is 9.97 Å². The summed E-state index contributed by atoms with van der Waals surface area (Å²) in [6, 6.07) is 18.3. The van der Waals surface area contributed by atoms with Gasteiger partial charge in [0.05, 0.1) is 31.9 Å². The van der Waals surface area contributed by atoms with Gasteiger partial charge in [0.1, 0.15) is 0 Å². The Hall–Kier alpha value is -3.29. The van der Waals surface area contributed by atoms with Crippen molar-refractivity contribution in [2.45, 2.75) is 13.8 Å². The van der Waals surface area contributed by atoms with Crippen molar-refractivity contribution in [2.24, 2.45) is 0 Å². The highest BCUT2D eigenvalue weighted by Crippen LogP contribution is 2.33. The summed E-state index contributed by atoms with van der Waals surface area (Å²) in [5, 5.41) is 4.00. The van der Waals surface area contributed by atoms with Crippen LogP contribution in [0.3, 0.4) is 0 Å². The average Bonchev–Trinajstić information content (AvgIpc) is 3.54. The molecule has 34 heavy (non-hydrogen) atoms. The van der Waals surface area contributed by atoms with Crippen molar-refractivity contribution in [1.82, 2.24) is 14.9 Å². The number of aryl methyl sites for hydroxylation is 2. The standard InChI is InChI=1S/C27H24N4OS2/c1-17-14-18(2)25-23(15-17)29-27(34-25)31-11-9-30(10-12-31)26(32)20-16-22(24-8-5-13-33-24)28-21-7-4-3-6-19(20)21/h3-8,13-16H,9-12H2,1-2H3. The normalized spacial score (nSPS) is 14.3.